The molecule has 1 heterocycles. The summed E-state index contributed by atoms with van der Waals surface area (Å²) in [6.45, 7) is 4.41. The normalized spacial score (nSPS) is 29.7. The number of hydrogen-bond donors (Lipinski definition) is 2. The predicted molar refractivity (Wildman–Crippen MR) is 72.4 cm³/mol. The molecule has 1 saturated heterocycles. The van der Waals surface area contributed by atoms with Gasteiger partial charge in [-0.1, -0.05) is 13.3 Å². The van der Waals surface area contributed by atoms with Crippen LogP contribution in [0.2, 0.25) is 0 Å². The van der Waals surface area contributed by atoms with Gasteiger partial charge in [0.15, 0.2) is 0 Å². The van der Waals surface area contributed by atoms with Crippen LogP contribution in [-0.2, 0) is 4.79 Å². The van der Waals surface area contributed by atoms with Gasteiger partial charge in [-0.15, -0.1) is 12.4 Å². The SMILES string of the molecule is CC1CCCC1NC(=O)CC1CCNCC1.Cl. The van der Waals surface area contributed by atoms with Gasteiger partial charge in [0.1, 0.15) is 0 Å². The molecule has 2 fully saturated rings. The van der Waals surface area contributed by atoms with Crippen LogP contribution in [0, 0.1) is 11.8 Å². The Balaban J connectivity index is 0.00000144. The highest BCUT2D eigenvalue weighted by Gasteiger charge is 2.25. The van der Waals surface area contributed by atoms with Gasteiger partial charge in [-0.05, 0) is 50.6 Å². The zero-order valence-corrected chi connectivity index (χ0v) is 11.5. The molecule has 2 N–H and O–H groups in total. The maximum absolute atomic E-state index is 11.9. The molecule has 100 valence electrons. The summed E-state index contributed by atoms with van der Waals surface area (Å²) in [5.74, 6) is 1.57. The fourth-order valence-electron chi connectivity index (χ4n) is 2.97. The molecule has 0 bridgehead atoms. The van der Waals surface area contributed by atoms with Crippen LogP contribution >= 0.6 is 12.4 Å². The fraction of sp³-hybridized carbons (Fsp3) is 0.923. The van der Waals surface area contributed by atoms with Crippen LogP contribution in [0.3, 0.4) is 0 Å². The largest absolute Gasteiger partial charge is 0.353 e. The van der Waals surface area contributed by atoms with Crippen molar-refractivity contribution >= 4 is 18.3 Å². The van der Waals surface area contributed by atoms with E-state index >= 15 is 0 Å². The summed E-state index contributed by atoms with van der Waals surface area (Å²) in [5, 5.41) is 6.55. The molecule has 4 heteroatoms. The van der Waals surface area contributed by atoms with Crippen LogP contribution < -0.4 is 10.6 Å². The average molecular weight is 261 g/mol. The van der Waals surface area contributed by atoms with Crippen LogP contribution in [0.15, 0.2) is 0 Å². The van der Waals surface area contributed by atoms with Gasteiger partial charge < -0.3 is 10.6 Å². The van der Waals surface area contributed by atoms with Crippen molar-refractivity contribution in [3.8, 4) is 0 Å². The maximum Gasteiger partial charge on any atom is 0.220 e. The summed E-state index contributed by atoms with van der Waals surface area (Å²) in [6.07, 6.45) is 6.79. The first-order valence-electron chi connectivity index (χ1n) is 6.76. The number of nitrogens with one attached hydrogen (secondary N) is 2. The van der Waals surface area contributed by atoms with Crippen molar-refractivity contribution in [3.63, 3.8) is 0 Å². The fourth-order valence-corrected chi connectivity index (χ4v) is 2.97. The number of carbonyl (C=O) groups is 1. The van der Waals surface area contributed by atoms with E-state index < -0.39 is 0 Å². The molecule has 17 heavy (non-hydrogen) atoms. The Bertz CT molecular complexity index is 242. The van der Waals surface area contributed by atoms with Crippen molar-refractivity contribution in [3.05, 3.63) is 0 Å². The Labute approximate surface area is 111 Å². The average Bonchev–Trinajstić information content (AvgIpc) is 2.66. The molecular formula is C13H25ClN2O. The lowest BCUT2D eigenvalue weighted by Gasteiger charge is -2.23. The Morgan fingerprint density at radius 1 is 1.24 bits per heavy atom. The van der Waals surface area contributed by atoms with Crippen molar-refractivity contribution in [2.24, 2.45) is 11.8 Å². The van der Waals surface area contributed by atoms with Crippen LogP contribution in [0.25, 0.3) is 0 Å². The van der Waals surface area contributed by atoms with E-state index in [2.05, 4.69) is 17.6 Å². The monoisotopic (exact) mass is 260 g/mol. The molecule has 0 spiro atoms. The van der Waals surface area contributed by atoms with Crippen molar-refractivity contribution in [1.82, 2.24) is 10.6 Å². The molecule has 0 radical (unpaired) electrons. The standard InChI is InChI=1S/C13H24N2O.ClH/c1-10-3-2-4-12(10)15-13(16)9-11-5-7-14-8-6-11;/h10-12,14H,2-9H2,1H3,(H,15,16);1H. The van der Waals surface area contributed by atoms with E-state index in [-0.39, 0.29) is 18.3 Å². The van der Waals surface area contributed by atoms with Gasteiger partial charge in [-0.2, -0.15) is 0 Å². The molecule has 1 aliphatic heterocycles. The Morgan fingerprint density at radius 2 is 1.94 bits per heavy atom. The van der Waals surface area contributed by atoms with Gasteiger partial charge >= 0.3 is 0 Å². The Kier molecular flexibility index (Phi) is 6.28. The molecule has 1 aliphatic carbocycles. The third-order valence-electron chi connectivity index (χ3n) is 4.14. The quantitative estimate of drug-likeness (QED) is 0.816. The smallest absolute Gasteiger partial charge is 0.220 e. The minimum absolute atomic E-state index is 0. The second kappa shape index (κ2) is 7.22. The van der Waals surface area contributed by atoms with E-state index in [0.29, 0.717) is 17.9 Å². The number of amides is 1. The molecule has 0 aromatic rings. The van der Waals surface area contributed by atoms with E-state index in [1.165, 1.54) is 19.3 Å². The topological polar surface area (TPSA) is 41.1 Å². The number of hydrogen-bond acceptors (Lipinski definition) is 2. The lowest BCUT2D eigenvalue weighted by atomic mass is 9.94. The number of rotatable bonds is 3. The van der Waals surface area contributed by atoms with E-state index in [1.54, 1.807) is 0 Å². The molecule has 0 aromatic heterocycles. The van der Waals surface area contributed by atoms with Gasteiger partial charge in [-0.3, -0.25) is 4.79 Å². The van der Waals surface area contributed by atoms with E-state index in [9.17, 15) is 4.79 Å². The number of piperidine rings is 1. The minimum atomic E-state index is 0. The second-order valence-corrected chi connectivity index (χ2v) is 5.48. The predicted octanol–water partition coefficient (Wildman–Crippen LogP) is 2.10. The van der Waals surface area contributed by atoms with Gasteiger partial charge in [0, 0.05) is 12.5 Å². The van der Waals surface area contributed by atoms with Gasteiger partial charge in [0.05, 0.1) is 0 Å². The molecule has 1 amide bonds. The lowest BCUT2D eigenvalue weighted by molar-refractivity contribution is -0.123. The number of carbonyl (C=O) groups excluding carboxylic acids is 1. The van der Waals surface area contributed by atoms with Crippen LogP contribution in [-0.4, -0.2) is 25.0 Å². The first-order chi connectivity index (χ1) is 7.75. The first-order valence-corrected chi connectivity index (χ1v) is 6.76. The zero-order chi connectivity index (χ0) is 11.4. The molecule has 0 aromatic carbocycles. The molecular weight excluding hydrogens is 236 g/mol. The molecule has 2 unspecified atom stereocenters. The third-order valence-corrected chi connectivity index (χ3v) is 4.14. The van der Waals surface area contributed by atoms with Crippen molar-refractivity contribution in [2.45, 2.75) is 51.5 Å². The van der Waals surface area contributed by atoms with E-state index in [4.69, 9.17) is 0 Å². The summed E-state index contributed by atoms with van der Waals surface area (Å²) in [7, 11) is 0. The maximum atomic E-state index is 11.9. The van der Waals surface area contributed by atoms with E-state index in [1.807, 2.05) is 0 Å². The highest BCUT2D eigenvalue weighted by atomic mass is 35.5. The minimum Gasteiger partial charge on any atom is -0.353 e. The van der Waals surface area contributed by atoms with Crippen molar-refractivity contribution in [2.75, 3.05) is 13.1 Å². The summed E-state index contributed by atoms with van der Waals surface area (Å²) in [5.41, 5.74) is 0. The zero-order valence-electron chi connectivity index (χ0n) is 10.7. The molecule has 2 aliphatic rings. The molecule has 2 atom stereocenters. The number of halogens is 1. The summed E-state index contributed by atoms with van der Waals surface area (Å²) in [4.78, 5) is 11.9. The molecule has 2 rings (SSSR count). The van der Waals surface area contributed by atoms with E-state index in [0.717, 1.165) is 32.4 Å². The van der Waals surface area contributed by atoms with Gasteiger partial charge in [0.25, 0.3) is 0 Å². The van der Waals surface area contributed by atoms with Crippen LogP contribution in [0.1, 0.15) is 45.4 Å². The lowest BCUT2D eigenvalue weighted by Crippen LogP contribution is -2.38. The second-order valence-electron chi connectivity index (χ2n) is 5.48. The summed E-state index contributed by atoms with van der Waals surface area (Å²) >= 11 is 0. The van der Waals surface area contributed by atoms with Crippen molar-refractivity contribution < 1.29 is 4.79 Å². The summed E-state index contributed by atoms with van der Waals surface area (Å²) in [6, 6.07) is 0.453. The van der Waals surface area contributed by atoms with Crippen LogP contribution in [0.4, 0.5) is 0 Å². The first kappa shape index (κ1) is 14.8. The Morgan fingerprint density at radius 3 is 2.53 bits per heavy atom. The molecule has 3 nitrogen and oxygen atoms in total. The molecule has 1 saturated carbocycles. The van der Waals surface area contributed by atoms with Gasteiger partial charge in [0.2, 0.25) is 5.91 Å². The van der Waals surface area contributed by atoms with Gasteiger partial charge in [-0.25, -0.2) is 0 Å². The van der Waals surface area contributed by atoms with Crippen LogP contribution in [0.5, 0.6) is 0 Å². The highest BCUT2D eigenvalue weighted by Crippen LogP contribution is 2.25. The Hall–Kier alpha value is -0.280. The third kappa shape index (κ3) is 4.47. The van der Waals surface area contributed by atoms with Crippen molar-refractivity contribution in [1.29, 1.82) is 0 Å². The summed E-state index contributed by atoms with van der Waals surface area (Å²) < 4.78 is 0. The highest BCUT2D eigenvalue weighted by molar-refractivity contribution is 5.85.